The Morgan fingerprint density at radius 3 is 2.82 bits per heavy atom. The number of hydrogen-bond acceptors (Lipinski definition) is 4. The summed E-state index contributed by atoms with van der Waals surface area (Å²) >= 11 is 0. The van der Waals surface area contributed by atoms with Crippen LogP contribution in [0.1, 0.15) is 31.7 Å². The molecule has 0 spiro atoms. The van der Waals surface area contributed by atoms with Crippen LogP contribution in [0.2, 0.25) is 0 Å². The van der Waals surface area contributed by atoms with Crippen molar-refractivity contribution in [1.29, 1.82) is 0 Å². The fourth-order valence-electron chi connectivity index (χ4n) is 3.55. The molecule has 0 bridgehead atoms. The molecule has 114 valence electrons. The predicted octanol–water partition coefficient (Wildman–Crippen LogP) is 2.00. The third-order valence-corrected chi connectivity index (χ3v) is 4.81. The standard InChI is InChI=1S/C16H18N4O2/c21-8-10-1-3-11(4-2-10)20-9-19-16(22)13-7-18-15-12(14(13)20)5-6-17-15/h5-7,9-11,21H,1-4,8H2,(H,17,18). The number of pyridine rings is 1. The fourth-order valence-corrected chi connectivity index (χ4v) is 3.55. The van der Waals surface area contributed by atoms with Crippen LogP contribution < -0.4 is 5.56 Å². The van der Waals surface area contributed by atoms with Crippen molar-refractivity contribution < 1.29 is 5.11 Å². The fraction of sp³-hybridized carbons (Fsp3) is 0.438. The second kappa shape index (κ2) is 5.21. The Kier molecular flexibility index (Phi) is 3.18. The lowest BCUT2D eigenvalue weighted by Gasteiger charge is -2.30. The predicted molar refractivity (Wildman–Crippen MR) is 83.7 cm³/mol. The molecule has 3 heterocycles. The Bertz CT molecular complexity index is 875. The monoisotopic (exact) mass is 298 g/mol. The number of fused-ring (bicyclic) bond motifs is 3. The van der Waals surface area contributed by atoms with Gasteiger partial charge >= 0.3 is 0 Å². The van der Waals surface area contributed by atoms with Crippen LogP contribution in [0.4, 0.5) is 0 Å². The summed E-state index contributed by atoms with van der Waals surface area (Å²) in [6, 6.07) is 2.28. The van der Waals surface area contributed by atoms with Crippen molar-refractivity contribution in [3.05, 3.63) is 35.1 Å². The summed E-state index contributed by atoms with van der Waals surface area (Å²) in [5.41, 5.74) is 1.47. The second-order valence-electron chi connectivity index (χ2n) is 6.07. The number of aromatic nitrogens is 4. The van der Waals surface area contributed by atoms with Crippen LogP contribution in [0, 0.1) is 5.92 Å². The zero-order valence-electron chi connectivity index (χ0n) is 12.2. The molecule has 0 amide bonds. The summed E-state index contributed by atoms with van der Waals surface area (Å²) in [5.74, 6) is 0.406. The largest absolute Gasteiger partial charge is 0.396 e. The minimum Gasteiger partial charge on any atom is -0.396 e. The quantitative estimate of drug-likeness (QED) is 0.758. The minimum absolute atomic E-state index is 0.231. The molecule has 22 heavy (non-hydrogen) atoms. The van der Waals surface area contributed by atoms with Gasteiger partial charge in [0.1, 0.15) is 5.65 Å². The number of aliphatic hydroxyl groups excluding tert-OH is 1. The van der Waals surface area contributed by atoms with E-state index in [1.165, 1.54) is 0 Å². The summed E-state index contributed by atoms with van der Waals surface area (Å²) in [6.07, 6.45) is 9.14. The van der Waals surface area contributed by atoms with E-state index in [0.717, 1.165) is 42.2 Å². The summed E-state index contributed by atoms with van der Waals surface area (Å²) in [6.45, 7) is 0.266. The molecule has 3 aromatic heterocycles. The Morgan fingerprint density at radius 1 is 1.23 bits per heavy atom. The van der Waals surface area contributed by atoms with Crippen molar-refractivity contribution in [2.75, 3.05) is 6.61 Å². The van der Waals surface area contributed by atoms with Gasteiger partial charge in [-0.3, -0.25) is 4.79 Å². The van der Waals surface area contributed by atoms with E-state index in [4.69, 9.17) is 0 Å². The lowest BCUT2D eigenvalue weighted by Crippen LogP contribution is -2.23. The molecule has 1 saturated carbocycles. The molecule has 2 N–H and O–H groups in total. The van der Waals surface area contributed by atoms with E-state index in [2.05, 4.69) is 19.5 Å². The number of nitrogens with zero attached hydrogens (tertiary/aromatic N) is 3. The molecule has 1 aliphatic carbocycles. The first-order valence-electron chi connectivity index (χ1n) is 7.71. The summed E-state index contributed by atoms with van der Waals surface area (Å²) < 4.78 is 2.13. The second-order valence-corrected chi connectivity index (χ2v) is 6.07. The van der Waals surface area contributed by atoms with Gasteiger partial charge in [-0.15, -0.1) is 0 Å². The highest BCUT2D eigenvalue weighted by molar-refractivity contribution is 6.01. The van der Waals surface area contributed by atoms with E-state index in [1.54, 1.807) is 12.5 Å². The number of rotatable bonds is 2. The highest BCUT2D eigenvalue weighted by Gasteiger charge is 2.23. The summed E-state index contributed by atoms with van der Waals surface area (Å²) in [7, 11) is 0. The van der Waals surface area contributed by atoms with Gasteiger partial charge in [-0.25, -0.2) is 4.98 Å². The van der Waals surface area contributed by atoms with Crippen LogP contribution in [0.15, 0.2) is 29.6 Å². The topological polar surface area (TPSA) is 83.8 Å². The van der Waals surface area contributed by atoms with Gasteiger partial charge in [0.2, 0.25) is 0 Å². The molecule has 0 aliphatic heterocycles. The van der Waals surface area contributed by atoms with Crippen LogP contribution in [0.25, 0.3) is 21.9 Å². The third-order valence-electron chi connectivity index (χ3n) is 4.81. The number of hydrogen-bond donors (Lipinski definition) is 2. The Hall–Kier alpha value is -2.21. The number of aliphatic hydroxyl groups is 1. The lowest BCUT2D eigenvalue weighted by molar-refractivity contribution is 0.169. The van der Waals surface area contributed by atoms with Crippen molar-refractivity contribution >= 4 is 21.9 Å². The zero-order chi connectivity index (χ0) is 15.1. The van der Waals surface area contributed by atoms with Gasteiger partial charge in [0.05, 0.1) is 17.2 Å². The number of H-pyrrole nitrogens is 1. The van der Waals surface area contributed by atoms with Crippen LogP contribution >= 0.6 is 0 Å². The highest BCUT2D eigenvalue weighted by atomic mass is 16.3. The molecular formula is C16H18N4O2. The van der Waals surface area contributed by atoms with Gasteiger partial charge in [-0.1, -0.05) is 0 Å². The average Bonchev–Trinajstić information content (AvgIpc) is 3.04. The first-order chi connectivity index (χ1) is 10.8. The van der Waals surface area contributed by atoms with Gasteiger partial charge < -0.3 is 14.7 Å². The van der Waals surface area contributed by atoms with E-state index in [9.17, 15) is 9.90 Å². The average molecular weight is 298 g/mol. The van der Waals surface area contributed by atoms with E-state index in [-0.39, 0.29) is 12.2 Å². The molecule has 4 rings (SSSR count). The van der Waals surface area contributed by atoms with Crippen molar-refractivity contribution in [2.45, 2.75) is 31.7 Å². The maximum absolute atomic E-state index is 12.1. The molecule has 0 saturated heterocycles. The Balaban J connectivity index is 1.89. The first-order valence-corrected chi connectivity index (χ1v) is 7.71. The normalized spacial score (nSPS) is 22.4. The van der Waals surface area contributed by atoms with E-state index >= 15 is 0 Å². The molecule has 0 atom stereocenters. The van der Waals surface area contributed by atoms with Crippen molar-refractivity contribution in [3.8, 4) is 0 Å². The molecule has 3 aromatic rings. The summed E-state index contributed by atoms with van der Waals surface area (Å²) in [5, 5.41) is 10.8. The molecule has 0 unspecified atom stereocenters. The zero-order valence-corrected chi connectivity index (χ0v) is 12.2. The van der Waals surface area contributed by atoms with Crippen LogP contribution in [0.3, 0.4) is 0 Å². The first kappa shape index (κ1) is 13.5. The van der Waals surface area contributed by atoms with Crippen molar-refractivity contribution in [1.82, 2.24) is 19.5 Å². The van der Waals surface area contributed by atoms with Crippen molar-refractivity contribution in [3.63, 3.8) is 0 Å². The maximum atomic E-state index is 12.1. The number of nitrogens with one attached hydrogen (secondary N) is 1. The lowest BCUT2D eigenvalue weighted by atomic mass is 9.86. The van der Waals surface area contributed by atoms with Crippen LogP contribution in [-0.4, -0.2) is 31.2 Å². The van der Waals surface area contributed by atoms with Gasteiger partial charge in [-0.05, 0) is 37.7 Å². The van der Waals surface area contributed by atoms with Crippen LogP contribution in [0.5, 0.6) is 0 Å². The van der Waals surface area contributed by atoms with E-state index in [0.29, 0.717) is 17.3 Å². The van der Waals surface area contributed by atoms with Crippen LogP contribution in [-0.2, 0) is 0 Å². The van der Waals surface area contributed by atoms with E-state index < -0.39 is 0 Å². The molecule has 0 radical (unpaired) electrons. The Morgan fingerprint density at radius 2 is 2.05 bits per heavy atom. The number of aromatic amines is 1. The maximum Gasteiger partial charge on any atom is 0.282 e. The molecule has 6 nitrogen and oxygen atoms in total. The van der Waals surface area contributed by atoms with Gasteiger partial charge in [0, 0.05) is 30.4 Å². The summed E-state index contributed by atoms with van der Waals surface area (Å²) in [4.78, 5) is 23.5. The van der Waals surface area contributed by atoms with Crippen molar-refractivity contribution in [2.24, 2.45) is 5.92 Å². The van der Waals surface area contributed by atoms with Gasteiger partial charge in [-0.2, -0.15) is 4.98 Å². The van der Waals surface area contributed by atoms with E-state index in [1.807, 2.05) is 12.3 Å². The third kappa shape index (κ3) is 2.02. The van der Waals surface area contributed by atoms with Gasteiger partial charge in [0.25, 0.3) is 5.56 Å². The highest BCUT2D eigenvalue weighted by Crippen LogP contribution is 2.34. The molecular weight excluding hydrogens is 280 g/mol. The SMILES string of the molecule is O=c1ncn(C2CCC(CO)CC2)c2c1cnc1[nH]ccc12. The van der Waals surface area contributed by atoms with Gasteiger partial charge in [0.15, 0.2) is 0 Å². The smallest absolute Gasteiger partial charge is 0.282 e. The molecule has 1 fully saturated rings. The minimum atomic E-state index is -0.231. The molecule has 6 heteroatoms. The Labute approximate surface area is 126 Å². The molecule has 0 aromatic carbocycles. The molecule has 1 aliphatic rings.